The van der Waals surface area contributed by atoms with Crippen molar-refractivity contribution in [2.75, 3.05) is 0 Å². The molecule has 25 heavy (non-hydrogen) atoms. The zero-order valence-electron chi connectivity index (χ0n) is 13.5. The molecule has 0 aliphatic heterocycles. The van der Waals surface area contributed by atoms with Crippen LogP contribution in [0.5, 0.6) is 0 Å². The van der Waals surface area contributed by atoms with Crippen molar-refractivity contribution >= 4 is 41.3 Å². The van der Waals surface area contributed by atoms with Crippen LogP contribution in [0, 0.1) is 17.5 Å². The number of hydrogen-bond acceptors (Lipinski definition) is 3. The van der Waals surface area contributed by atoms with E-state index in [1.165, 1.54) is 12.1 Å². The minimum Gasteiger partial charge on any atom is -0.350 e. The standard InChI is InChI=1S/C16H16Cl2FN3O2S/c1-7-9(15(24)22-16(25)21-7)3-4-14(23)20-8(2)10-5-13(19)12(18)6-11(10)17/h5-6,8H,3-4H2,1-2H3,(H,20,23)(H2,21,22,24,25). The molecule has 2 rings (SSSR count). The molecule has 0 saturated heterocycles. The third-order valence-electron chi connectivity index (χ3n) is 3.74. The Morgan fingerprint density at radius 2 is 2.00 bits per heavy atom. The minimum absolute atomic E-state index is 0.0802. The number of carbonyl (C=O) groups is 1. The summed E-state index contributed by atoms with van der Waals surface area (Å²) in [5, 5.41) is 2.91. The number of halogens is 3. The van der Waals surface area contributed by atoms with E-state index in [2.05, 4.69) is 15.3 Å². The van der Waals surface area contributed by atoms with Gasteiger partial charge < -0.3 is 10.3 Å². The number of hydrogen-bond donors (Lipinski definition) is 3. The number of amides is 1. The van der Waals surface area contributed by atoms with E-state index in [0.717, 1.165) is 0 Å². The molecule has 1 unspecified atom stereocenters. The number of aromatic amines is 2. The van der Waals surface area contributed by atoms with Gasteiger partial charge in [0.2, 0.25) is 5.91 Å². The van der Waals surface area contributed by atoms with Gasteiger partial charge in [0.05, 0.1) is 11.1 Å². The maximum Gasteiger partial charge on any atom is 0.255 e. The van der Waals surface area contributed by atoms with Crippen LogP contribution in [-0.4, -0.2) is 15.9 Å². The van der Waals surface area contributed by atoms with E-state index in [1.54, 1.807) is 13.8 Å². The normalized spacial score (nSPS) is 12.0. The molecule has 1 aromatic heterocycles. The summed E-state index contributed by atoms with van der Waals surface area (Å²) in [5.41, 5.74) is 1.20. The molecule has 134 valence electrons. The van der Waals surface area contributed by atoms with E-state index >= 15 is 0 Å². The first kappa shape index (κ1) is 19.6. The summed E-state index contributed by atoms with van der Waals surface area (Å²) in [7, 11) is 0. The third-order valence-corrected chi connectivity index (χ3v) is 4.56. The topological polar surface area (TPSA) is 77.8 Å². The number of aryl methyl sites for hydroxylation is 1. The first-order valence-electron chi connectivity index (χ1n) is 7.45. The molecule has 0 radical (unpaired) electrons. The largest absolute Gasteiger partial charge is 0.350 e. The lowest BCUT2D eigenvalue weighted by atomic mass is 10.1. The second-order valence-electron chi connectivity index (χ2n) is 5.59. The molecule has 3 N–H and O–H groups in total. The summed E-state index contributed by atoms with van der Waals surface area (Å²) < 4.78 is 13.8. The summed E-state index contributed by atoms with van der Waals surface area (Å²) in [5.74, 6) is -0.899. The van der Waals surface area contributed by atoms with Crippen molar-refractivity contribution in [3.05, 3.63) is 59.9 Å². The fraction of sp³-hybridized carbons (Fsp3) is 0.312. The molecule has 1 amide bonds. The fourth-order valence-electron chi connectivity index (χ4n) is 2.43. The molecular formula is C16H16Cl2FN3O2S. The summed E-state index contributed by atoms with van der Waals surface area (Å²) in [6.07, 6.45) is 0.334. The number of carbonyl (C=O) groups excluding carboxylic acids is 1. The summed E-state index contributed by atoms with van der Waals surface area (Å²) in [4.78, 5) is 29.4. The van der Waals surface area contributed by atoms with Crippen molar-refractivity contribution in [3.63, 3.8) is 0 Å². The molecule has 1 aromatic carbocycles. The number of nitrogens with one attached hydrogen (secondary N) is 3. The van der Waals surface area contributed by atoms with Crippen molar-refractivity contribution < 1.29 is 9.18 Å². The molecule has 0 saturated carbocycles. The lowest BCUT2D eigenvalue weighted by molar-refractivity contribution is -0.121. The molecule has 2 aromatic rings. The number of benzene rings is 1. The average Bonchev–Trinajstić information content (AvgIpc) is 2.49. The van der Waals surface area contributed by atoms with Crippen LogP contribution in [0.15, 0.2) is 16.9 Å². The van der Waals surface area contributed by atoms with Gasteiger partial charge in [-0.3, -0.25) is 14.6 Å². The van der Waals surface area contributed by atoms with Crippen LogP contribution in [0.3, 0.4) is 0 Å². The molecule has 1 atom stereocenters. The minimum atomic E-state index is -0.608. The highest BCUT2D eigenvalue weighted by Gasteiger charge is 2.16. The Labute approximate surface area is 158 Å². The first-order chi connectivity index (χ1) is 11.7. The lowest BCUT2D eigenvalue weighted by Crippen LogP contribution is -2.28. The second-order valence-corrected chi connectivity index (χ2v) is 6.81. The highest BCUT2D eigenvalue weighted by molar-refractivity contribution is 7.71. The van der Waals surface area contributed by atoms with Gasteiger partial charge in [-0.25, -0.2) is 4.39 Å². The Hall–Kier alpha value is -1.70. The Morgan fingerprint density at radius 3 is 2.64 bits per heavy atom. The van der Waals surface area contributed by atoms with Crippen LogP contribution >= 0.6 is 35.4 Å². The number of H-pyrrole nitrogens is 2. The van der Waals surface area contributed by atoms with E-state index < -0.39 is 11.9 Å². The summed E-state index contributed by atoms with van der Waals surface area (Å²) in [6, 6.07) is 1.99. The lowest BCUT2D eigenvalue weighted by Gasteiger charge is -2.16. The fourth-order valence-corrected chi connectivity index (χ4v) is 3.22. The molecule has 1 heterocycles. The zero-order chi connectivity index (χ0) is 18.7. The van der Waals surface area contributed by atoms with Gasteiger partial charge in [0.25, 0.3) is 5.56 Å². The zero-order valence-corrected chi connectivity index (χ0v) is 15.8. The van der Waals surface area contributed by atoms with Gasteiger partial charge in [-0.15, -0.1) is 0 Å². The van der Waals surface area contributed by atoms with Gasteiger partial charge in [0, 0.05) is 22.7 Å². The second kappa shape index (κ2) is 8.12. The van der Waals surface area contributed by atoms with Gasteiger partial charge in [-0.05, 0) is 50.2 Å². The molecule has 0 spiro atoms. The Morgan fingerprint density at radius 1 is 1.32 bits per heavy atom. The van der Waals surface area contributed by atoms with Crippen LogP contribution in [0.25, 0.3) is 0 Å². The van der Waals surface area contributed by atoms with Gasteiger partial charge in [-0.2, -0.15) is 0 Å². The molecule has 0 bridgehead atoms. The van der Waals surface area contributed by atoms with Gasteiger partial charge in [0.15, 0.2) is 4.77 Å². The predicted octanol–water partition coefficient (Wildman–Crippen LogP) is 4.00. The summed E-state index contributed by atoms with van der Waals surface area (Å²) in [6.45, 7) is 3.40. The molecule has 0 aliphatic carbocycles. The highest BCUT2D eigenvalue weighted by atomic mass is 35.5. The van der Waals surface area contributed by atoms with E-state index in [-0.39, 0.29) is 39.1 Å². The third kappa shape index (κ3) is 4.90. The van der Waals surface area contributed by atoms with Crippen molar-refractivity contribution in [1.29, 1.82) is 0 Å². The van der Waals surface area contributed by atoms with Crippen LogP contribution in [0.2, 0.25) is 10.0 Å². The summed E-state index contributed by atoms with van der Waals surface area (Å²) >= 11 is 16.6. The number of rotatable bonds is 5. The maximum absolute atomic E-state index is 13.6. The molecule has 9 heteroatoms. The van der Waals surface area contributed by atoms with Gasteiger partial charge in [-0.1, -0.05) is 23.2 Å². The van der Waals surface area contributed by atoms with Crippen molar-refractivity contribution in [3.8, 4) is 0 Å². The molecular weight excluding hydrogens is 388 g/mol. The Kier molecular flexibility index (Phi) is 6.37. The SMILES string of the molecule is Cc1[nH]c(=S)[nH]c(=O)c1CCC(=O)NC(C)c1cc(F)c(Cl)cc1Cl. The Bertz CT molecular complexity index is 927. The van der Waals surface area contributed by atoms with Crippen LogP contribution in [-0.2, 0) is 11.2 Å². The monoisotopic (exact) mass is 403 g/mol. The van der Waals surface area contributed by atoms with Crippen molar-refractivity contribution in [1.82, 2.24) is 15.3 Å². The van der Waals surface area contributed by atoms with E-state index in [0.29, 0.717) is 16.8 Å². The molecule has 0 aliphatic rings. The smallest absolute Gasteiger partial charge is 0.255 e. The van der Waals surface area contributed by atoms with Gasteiger partial charge in [0.1, 0.15) is 5.82 Å². The van der Waals surface area contributed by atoms with E-state index in [1.807, 2.05) is 0 Å². The quantitative estimate of drug-likeness (QED) is 0.521. The molecule has 0 fully saturated rings. The average molecular weight is 404 g/mol. The van der Waals surface area contributed by atoms with Crippen LogP contribution < -0.4 is 10.9 Å². The maximum atomic E-state index is 13.6. The Balaban J connectivity index is 2.05. The number of aromatic nitrogens is 2. The first-order valence-corrected chi connectivity index (χ1v) is 8.61. The van der Waals surface area contributed by atoms with Gasteiger partial charge >= 0.3 is 0 Å². The predicted molar refractivity (Wildman–Crippen MR) is 98.3 cm³/mol. The van der Waals surface area contributed by atoms with E-state index in [4.69, 9.17) is 35.4 Å². The van der Waals surface area contributed by atoms with Crippen molar-refractivity contribution in [2.24, 2.45) is 0 Å². The molecule has 5 nitrogen and oxygen atoms in total. The van der Waals surface area contributed by atoms with Crippen LogP contribution in [0.4, 0.5) is 4.39 Å². The van der Waals surface area contributed by atoms with Crippen molar-refractivity contribution in [2.45, 2.75) is 32.7 Å². The van der Waals surface area contributed by atoms with Crippen LogP contribution in [0.1, 0.15) is 36.2 Å². The van der Waals surface area contributed by atoms with E-state index in [9.17, 15) is 14.0 Å². The highest BCUT2D eigenvalue weighted by Crippen LogP contribution is 2.28.